The largest absolute Gasteiger partial charge is 0.466 e. The number of hydrogen-bond donors (Lipinski definition) is 2. The number of nitrogens with zero attached hydrogens (tertiary/aromatic N) is 1. The minimum absolute atomic E-state index is 0.251. The number of urea groups is 1. The molecule has 0 spiro atoms. The first kappa shape index (κ1) is 15.4. The minimum atomic E-state index is -1.24. The second kappa shape index (κ2) is 5.45. The number of nitrogens with one attached hydrogen (secondary N) is 2. The Bertz CT molecular complexity index is 876. The Kier molecular flexibility index (Phi) is 3.36. The van der Waals surface area contributed by atoms with Gasteiger partial charge in [0.15, 0.2) is 0 Å². The van der Waals surface area contributed by atoms with Gasteiger partial charge in [0.1, 0.15) is 24.2 Å². The van der Waals surface area contributed by atoms with Gasteiger partial charge in [-0.1, -0.05) is 30.3 Å². The van der Waals surface area contributed by atoms with Crippen molar-refractivity contribution in [3.8, 4) is 0 Å². The SMILES string of the molecule is CC1(c2ccccc2)NC(=O)N(NC(=O)c2coc3c2COC3)C1=O. The first-order valence-electron chi connectivity index (χ1n) is 7.71. The van der Waals surface area contributed by atoms with Gasteiger partial charge in [0, 0.05) is 5.56 Å². The van der Waals surface area contributed by atoms with E-state index in [4.69, 9.17) is 9.15 Å². The number of fused-ring (bicyclic) bond motifs is 1. The lowest BCUT2D eigenvalue weighted by atomic mass is 9.92. The van der Waals surface area contributed by atoms with Crippen LogP contribution in [-0.4, -0.2) is 22.9 Å². The predicted octanol–water partition coefficient (Wildman–Crippen LogP) is 1.42. The van der Waals surface area contributed by atoms with E-state index in [1.165, 1.54) is 6.26 Å². The third-order valence-electron chi connectivity index (χ3n) is 4.46. The molecule has 2 N–H and O–H groups in total. The number of hydrazine groups is 1. The number of furan rings is 1. The van der Waals surface area contributed by atoms with E-state index >= 15 is 0 Å². The molecule has 2 aromatic rings. The number of hydrogen-bond acceptors (Lipinski definition) is 5. The molecule has 1 atom stereocenters. The van der Waals surface area contributed by atoms with E-state index in [0.717, 1.165) is 0 Å². The van der Waals surface area contributed by atoms with E-state index in [2.05, 4.69) is 10.7 Å². The van der Waals surface area contributed by atoms with Crippen LogP contribution in [0.5, 0.6) is 0 Å². The van der Waals surface area contributed by atoms with Crippen molar-refractivity contribution in [1.82, 2.24) is 15.8 Å². The Balaban J connectivity index is 1.58. The van der Waals surface area contributed by atoms with Gasteiger partial charge >= 0.3 is 6.03 Å². The molecule has 8 nitrogen and oxygen atoms in total. The average molecular weight is 341 g/mol. The normalized spacial score (nSPS) is 22.0. The molecule has 0 radical (unpaired) electrons. The minimum Gasteiger partial charge on any atom is -0.466 e. The third kappa shape index (κ3) is 2.30. The van der Waals surface area contributed by atoms with Crippen LogP contribution in [0.2, 0.25) is 0 Å². The Labute approximate surface area is 142 Å². The van der Waals surface area contributed by atoms with Gasteiger partial charge in [0.25, 0.3) is 11.8 Å². The van der Waals surface area contributed by atoms with Gasteiger partial charge in [-0.05, 0) is 12.5 Å². The highest BCUT2D eigenvalue weighted by molar-refractivity contribution is 6.09. The van der Waals surface area contributed by atoms with Gasteiger partial charge in [-0.15, -0.1) is 0 Å². The van der Waals surface area contributed by atoms with Crippen molar-refractivity contribution in [2.45, 2.75) is 25.7 Å². The highest BCUT2D eigenvalue weighted by Gasteiger charge is 2.50. The molecule has 1 unspecified atom stereocenters. The Morgan fingerprint density at radius 2 is 2.00 bits per heavy atom. The summed E-state index contributed by atoms with van der Waals surface area (Å²) in [5.41, 5.74) is 2.62. The van der Waals surface area contributed by atoms with Gasteiger partial charge in [0.05, 0.1) is 12.2 Å². The number of carbonyl (C=O) groups is 3. The van der Waals surface area contributed by atoms with Gasteiger partial charge in [0.2, 0.25) is 0 Å². The Morgan fingerprint density at radius 3 is 2.76 bits per heavy atom. The van der Waals surface area contributed by atoms with Crippen LogP contribution in [0.3, 0.4) is 0 Å². The third-order valence-corrected chi connectivity index (χ3v) is 4.46. The van der Waals surface area contributed by atoms with Crippen molar-refractivity contribution in [2.24, 2.45) is 0 Å². The molecule has 128 valence electrons. The fraction of sp³-hybridized carbons (Fsp3) is 0.235. The first-order valence-corrected chi connectivity index (χ1v) is 7.71. The number of imide groups is 1. The van der Waals surface area contributed by atoms with E-state index in [9.17, 15) is 14.4 Å². The van der Waals surface area contributed by atoms with Crippen LogP contribution in [0.25, 0.3) is 0 Å². The van der Waals surface area contributed by atoms with Crippen LogP contribution in [0.15, 0.2) is 41.0 Å². The highest BCUT2D eigenvalue weighted by Crippen LogP contribution is 2.29. The summed E-state index contributed by atoms with van der Waals surface area (Å²) in [6, 6.07) is 8.15. The van der Waals surface area contributed by atoms with Crippen molar-refractivity contribution in [3.63, 3.8) is 0 Å². The van der Waals surface area contributed by atoms with E-state index in [1.54, 1.807) is 31.2 Å². The van der Waals surface area contributed by atoms with Crippen LogP contribution in [0, 0.1) is 0 Å². The molecular weight excluding hydrogens is 326 g/mol. The molecule has 4 rings (SSSR count). The zero-order valence-corrected chi connectivity index (χ0v) is 13.4. The second-order valence-corrected chi connectivity index (χ2v) is 6.05. The van der Waals surface area contributed by atoms with Gasteiger partial charge in [-0.25, -0.2) is 4.79 Å². The fourth-order valence-electron chi connectivity index (χ4n) is 3.01. The molecule has 8 heteroatoms. The van der Waals surface area contributed by atoms with Gasteiger partial charge < -0.3 is 14.5 Å². The summed E-state index contributed by atoms with van der Waals surface area (Å²) in [4.78, 5) is 37.5. The Morgan fingerprint density at radius 1 is 1.24 bits per heavy atom. The van der Waals surface area contributed by atoms with Gasteiger partial charge in [-0.2, -0.15) is 5.01 Å². The summed E-state index contributed by atoms with van der Waals surface area (Å²) < 4.78 is 10.5. The molecule has 1 aromatic carbocycles. The molecule has 1 saturated heterocycles. The number of ether oxygens (including phenoxy) is 1. The predicted molar refractivity (Wildman–Crippen MR) is 83.8 cm³/mol. The topological polar surface area (TPSA) is 101 Å². The maximum absolute atomic E-state index is 12.8. The maximum atomic E-state index is 12.8. The van der Waals surface area contributed by atoms with Crippen LogP contribution in [0.1, 0.15) is 34.2 Å². The molecular formula is C17H15N3O5. The number of amides is 4. The van der Waals surface area contributed by atoms with E-state index < -0.39 is 23.4 Å². The average Bonchev–Trinajstić information content (AvgIpc) is 3.27. The zero-order valence-electron chi connectivity index (χ0n) is 13.4. The first-order chi connectivity index (χ1) is 12.0. The van der Waals surface area contributed by atoms with Crippen LogP contribution >= 0.6 is 0 Å². The highest BCUT2D eigenvalue weighted by atomic mass is 16.5. The lowest BCUT2D eigenvalue weighted by Gasteiger charge is -2.22. The molecule has 0 aliphatic carbocycles. The summed E-state index contributed by atoms with van der Waals surface area (Å²) in [5, 5.41) is 3.32. The molecule has 4 amide bonds. The molecule has 1 fully saturated rings. The molecule has 2 aliphatic heterocycles. The summed E-state index contributed by atoms with van der Waals surface area (Å²) in [6.45, 7) is 2.16. The maximum Gasteiger partial charge on any atom is 0.344 e. The van der Waals surface area contributed by atoms with Crippen molar-refractivity contribution < 1.29 is 23.5 Å². The van der Waals surface area contributed by atoms with Crippen LogP contribution in [-0.2, 0) is 28.3 Å². The summed E-state index contributed by atoms with van der Waals surface area (Å²) >= 11 is 0. The second-order valence-electron chi connectivity index (χ2n) is 6.05. The molecule has 3 heterocycles. The van der Waals surface area contributed by atoms with Crippen molar-refractivity contribution >= 4 is 17.8 Å². The molecule has 25 heavy (non-hydrogen) atoms. The van der Waals surface area contributed by atoms with E-state index in [0.29, 0.717) is 28.5 Å². The molecule has 0 bridgehead atoms. The monoisotopic (exact) mass is 341 g/mol. The summed E-state index contributed by atoms with van der Waals surface area (Å²) in [7, 11) is 0. The lowest BCUT2D eigenvalue weighted by molar-refractivity contribution is -0.132. The molecule has 2 aliphatic rings. The number of benzene rings is 1. The number of rotatable bonds is 3. The lowest BCUT2D eigenvalue weighted by Crippen LogP contribution is -2.48. The molecule has 0 saturated carbocycles. The zero-order chi connectivity index (χ0) is 17.6. The van der Waals surface area contributed by atoms with Crippen molar-refractivity contribution in [2.75, 3.05) is 0 Å². The Hall–Kier alpha value is -3.13. The van der Waals surface area contributed by atoms with Crippen LogP contribution < -0.4 is 10.7 Å². The van der Waals surface area contributed by atoms with E-state index in [1.807, 2.05) is 6.07 Å². The van der Waals surface area contributed by atoms with Crippen molar-refractivity contribution in [1.29, 1.82) is 0 Å². The smallest absolute Gasteiger partial charge is 0.344 e. The summed E-state index contributed by atoms with van der Waals surface area (Å²) in [5.74, 6) is -0.582. The fourth-order valence-corrected chi connectivity index (χ4v) is 3.01. The summed E-state index contributed by atoms with van der Waals surface area (Å²) in [6.07, 6.45) is 1.30. The quantitative estimate of drug-likeness (QED) is 0.822. The van der Waals surface area contributed by atoms with Crippen LogP contribution in [0.4, 0.5) is 4.79 Å². The van der Waals surface area contributed by atoms with Crippen molar-refractivity contribution in [3.05, 3.63) is 59.0 Å². The number of carbonyl (C=O) groups excluding carboxylic acids is 3. The molecule has 1 aromatic heterocycles. The van der Waals surface area contributed by atoms with Gasteiger partial charge in [-0.3, -0.25) is 15.0 Å². The van der Waals surface area contributed by atoms with E-state index in [-0.39, 0.29) is 12.2 Å². The standard InChI is InChI=1S/C17H15N3O5/c1-17(10-5-3-2-4-6-10)15(22)20(16(23)18-17)19-14(21)12-8-25-13-9-24-7-11(12)13/h2-6,8H,7,9H2,1H3,(H,18,23)(H,19,21).